The van der Waals surface area contributed by atoms with E-state index >= 15 is 0 Å². The predicted octanol–water partition coefficient (Wildman–Crippen LogP) is 5.85. The minimum Gasteiger partial charge on any atom is -0.496 e. The average Bonchev–Trinajstić information content (AvgIpc) is 2.71. The van der Waals surface area contributed by atoms with Gasteiger partial charge in [0.25, 0.3) is 5.91 Å². The third-order valence-electron chi connectivity index (χ3n) is 4.37. The Bertz CT molecular complexity index is 1050. The quantitative estimate of drug-likeness (QED) is 0.549. The van der Waals surface area contributed by atoms with Gasteiger partial charge < -0.3 is 14.8 Å². The number of alkyl halides is 3. The zero-order valence-corrected chi connectivity index (χ0v) is 16.4. The van der Waals surface area contributed by atoms with Crippen LogP contribution in [0.5, 0.6) is 11.5 Å². The summed E-state index contributed by atoms with van der Waals surface area (Å²) in [6.45, 7) is 2.11. The van der Waals surface area contributed by atoms with E-state index in [9.17, 15) is 18.0 Å². The van der Waals surface area contributed by atoms with E-state index in [1.54, 1.807) is 12.1 Å². The van der Waals surface area contributed by atoms with Gasteiger partial charge in [-0.25, -0.2) is 0 Å². The van der Waals surface area contributed by atoms with E-state index in [2.05, 4.69) is 5.32 Å². The molecule has 0 spiro atoms. The van der Waals surface area contributed by atoms with Crippen LogP contribution in [0.2, 0.25) is 0 Å². The van der Waals surface area contributed by atoms with Gasteiger partial charge in [0.1, 0.15) is 18.1 Å². The maximum absolute atomic E-state index is 12.9. The number of carbonyl (C=O) groups is 1. The first-order valence-electron chi connectivity index (χ1n) is 9.11. The van der Waals surface area contributed by atoms with Gasteiger partial charge >= 0.3 is 6.18 Å². The number of benzene rings is 3. The number of carbonyl (C=O) groups excluding carboxylic acids is 1. The average molecular weight is 415 g/mol. The highest BCUT2D eigenvalue weighted by molar-refractivity contribution is 6.04. The number of hydrogen-bond donors (Lipinski definition) is 1. The predicted molar refractivity (Wildman–Crippen MR) is 108 cm³/mol. The Hall–Kier alpha value is -3.48. The van der Waals surface area contributed by atoms with Crippen molar-refractivity contribution < 1.29 is 27.4 Å². The standard InChI is InChI=1S/C23H20F3NO3/c1-15-5-3-8-20(11-15)30-14-17-12-16(9-10-21(17)29-2)22(28)27-19-7-4-6-18(13-19)23(24,25)26/h3-13H,14H2,1-2H3,(H,27,28). The molecule has 0 unspecified atom stereocenters. The molecular formula is C23H20F3NO3. The van der Waals surface area contributed by atoms with Crippen molar-refractivity contribution in [3.63, 3.8) is 0 Å². The van der Waals surface area contributed by atoms with Gasteiger partial charge in [0.15, 0.2) is 0 Å². The number of rotatable bonds is 6. The van der Waals surface area contributed by atoms with E-state index in [1.807, 2.05) is 31.2 Å². The fourth-order valence-electron chi connectivity index (χ4n) is 2.88. The first kappa shape index (κ1) is 21.2. The zero-order chi connectivity index (χ0) is 21.7. The molecule has 30 heavy (non-hydrogen) atoms. The van der Waals surface area contributed by atoms with E-state index in [0.717, 1.165) is 17.7 Å². The van der Waals surface area contributed by atoms with Gasteiger partial charge in [-0.05, 0) is 61.0 Å². The van der Waals surface area contributed by atoms with Crippen molar-refractivity contribution in [2.24, 2.45) is 0 Å². The number of aryl methyl sites for hydroxylation is 1. The lowest BCUT2D eigenvalue weighted by Crippen LogP contribution is -2.14. The molecule has 3 aromatic rings. The van der Waals surface area contributed by atoms with Crippen LogP contribution in [0.15, 0.2) is 66.7 Å². The molecule has 4 nitrogen and oxygen atoms in total. The Morgan fingerprint density at radius 2 is 1.77 bits per heavy atom. The van der Waals surface area contributed by atoms with Crippen LogP contribution < -0.4 is 14.8 Å². The molecule has 0 aromatic heterocycles. The van der Waals surface area contributed by atoms with Crippen LogP contribution in [0, 0.1) is 6.92 Å². The summed E-state index contributed by atoms with van der Waals surface area (Å²) < 4.78 is 49.7. The monoisotopic (exact) mass is 415 g/mol. The molecule has 0 aliphatic heterocycles. The molecule has 0 aliphatic rings. The number of ether oxygens (including phenoxy) is 2. The lowest BCUT2D eigenvalue weighted by molar-refractivity contribution is -0.137. The summed E-state index contributed by atoms with van der Waals surface area (Å²) in [6, 6.07) is 16.8. The van der Waals surface area contributed by atoms with Crippen molar-refractivity contribution in [2.45, 2.75) is 19.7 Å². The Labute approximate surface area is 172 Å². The summed E-state index contributed by atoms with van der Waals surface area (Å²) in [4.78, 5) is 12.6. The largest absolute Gasteiger partial charge is 0.496 e. The Balaban J connectivity index is 1.77. The number of halogens is 3. The highest BCUT2D eigenvalue weighted by Crippen LogP contribution is 2.31. The SMILES string of the molecule is COc1ccc(C(=O)Nc2cccc(C(F)(F)F)c2)cc1COc1cccc(C)c1. The topological polar surface area (TPSA) is 47.6 Å². The van der Waals surface area contributed by atoms with E-state index in [4.69, 9.17) is 9.47 Å². The summed E-state index contributed by atoms with van der Waals surface area (Å²) in [5.74, 6) is 0.683. The molecule has 0 fully saturated rings. The molecule has 0 radical (unpaired) electrons. The molecule has 0 aliphatic carbocycles. The van der Waals surface area contributed by atoms with Gasteiger partial charge in [0.05, 0.1) is 12.7 Å². The van der Waals surface area contributed by atoms with Crippen molar-refractivity contribution in [2.75, 3.05) is 12.4 Å². The first-order chi connectivity index (χ1) is 14.3. The summed E-state index contributed by atoms with van der Waals surface area (Å²) in [7, 11) is 1.51. The second-order valence-corrected chi connectivity index (χ2v) is 6.66. The fraction of sp³-hybridized carbons (Fsp3) is 0.174. The molecule has 1 N–H and O–H groups in total. The van der Waals surface area contributed by atoms with Gasteiger partial charge in [0.2, 0.25) is 0 Å². The molecule has 0 bridgehead atoms. The van der Waals surface area contributed by atoms with Gasteiger partial charge in [-0.3, -0.25) is 4.79 Å². The van der Waals surface area contributed by atoms with Crippen LogP contribution in [0.3, 0.4) is 0 Å². The molecule has 0 heterocycles. The Kier molecular flexibility index (Phi) is 6.30. The van der Waals surface area contributed by atoms with E-state index in [-0.39, 0.29) is 17.9 Å². The summed E-state index contributed by atoms with van der Waals surface area (Å²) >= 11 is 0. The van der Waals surface area contributed by atoms with Crippen LogP contribution in [0.1, 0.15) is 27.0 Å². The van der Waals surface area contributed by atoms with Gasteiger partial charge in [-0.15, -0.1) is 0 Å². The van der Waals surface area contributed by atoms with Crippen LogP contribution >= 0.6 is 0 Å². The van der Waals surface area contributed by atoms with Crippen molar-refractivity contribution in [3.05, 3.63) is 89.0 Å². The molecule has 156 valence electrons. The summed E-state index contributed by atoms with van der Waals surface area (Å²) in [5.41, 5.74) is 1.19. The van der Waals surface area contributed by atoms with Crippen molar-refractivity contribution in [3.8, 4) is 11.5 Å². The fourth-order valence-corrected chi connectivity index (χ4v) is 2.88. The summed E-state index contributed by atoms with van der Waals surface area (Å²) in [6.07, 6.45) is -4.48. The smallest absolute Gasteiger partial charge is 0.416 e. The van der Waals surface area contributed by atoms with Crippen molar-refractivity contribution in [1.82, 2.24) is 0 Å². The second-order valence-electron chi connectivity index (χ2n) is 6.66. The van der Waals surface area contributed by atoms with E-state index in [1.165, 1.54) is 25.3 Å². The summed E-state index contributed by atoms with van der Waals surface area (Å²) in [5, 5.41) is 2.50. The third-order valence-corrected chi connectivity index (χ3v) is 4.37. The van der Waals surface area contributed by atoms with Gasteiger partial charge in [0, 0.05) is 16.8 Å². The molecule has 0 atom stereocenters. The van der Waals surface area contributed by atoms with E-state index < -0.39 is 17.6 Å². The molecule has 3 rings (SSSR count). The molecule has 3 aromatic carbocycles. The number of amides is 1. The van der Waals surface area contributed by atoms with Crippen molar-refractivity contribution in [1.29, 1.82) is 0 Å². The number of methoxy groups -OCH3 is 1. The Morgan fingerprint density at radius 3 is 2.47 bits per heavy atom. The van der Waals surface area contributed by atoms with Crippen LogP contribution in [-0.4, -0.2) is 13.0 Å². The number of anilines is 1. The highest BCUT2D eigenvalue weighted by Gasteiger charge is 2.30. The van der Waals surface area contributed by atoms with Gasteiger partial charge in [-0.2, -0.15) is 13.2 Å². The lowest BCUT2D eigenvalue weighted by Gasteiger charge is -2.13. The minimum atomic E-state index is -4.48. The molecule has 1 amide bonds. The first-order valence-corrected chi connectivity index (χ1v) is 9.11. The Morgan fingerprint density at radius 1 is 1.00 bits per heavy atom. The van der Waals surface area contributed by atoms with Crippen molar-refractivity contribution >= 4 is 11.6 Å². The molecule has 0 saturated heterocycles. The molecule has 7 heteroatoms. The van der Waals surface area contributed by atoms with Gasteiger partial charge in [-0.1, -0.05) is 18.2 Å². The third kappa shape index (κ3) is 5.31. The van der Waals surface area contributed by atoms with E-state index in [0.29, 0.717) is 17.1 Å². The van der Waals surface area contributed by atoms with Crippen LogP contribution in [0.4, 0.5) is 18.9 Å². The second kappa shape index (κ2) is 8.90. The molecule has 0 saturated carbocycles. The minimum absolute atomic E-state index is 0.0585. The zero-order valence-electron chi connectivity index (χ0n) is 16.4. The normalized spacial score (nSPS) is 11.1. The maximum atomic E-state index is 12.9. The molecular weight excluding hydrogens is 395 g/mol. The number of nitrogens with one attached hydrogen (secondary N) is 1. The maximum Gasteiger partial charge on any atom is 0.416 e. The lowest BCUT2D eigenvalue weighted by atomic mass is 10.1. The highest BCUT2D eigenvalue weighted by atomic mass is 19.4. The number of hydrogen-bond acceptors (Lipinski definition) is 3. The van der Waals surface area contributed by atoms with Crippen LogP contribution in [-0.2, 0) is 12.8 Å². The van der Waals surface area contributed by atoms with Crippen LogP contribution in [0.25, 0.3) is 0 Å².